The lowest BCUT2D eigenvalue weighted by Crippen LogP contribution is -2.20. The number of hydrogen-bond acceptors (Lipinski definition) is 4. The summed E-state index contributed by atoms with van der Waals surface area (Å²) in [6, 6.07) is 6.95. The third-order valence-corrected chi connectivity index (χ3v) is 5.64. The second-order valence-corrected chi connectivity index (χ2v) is 6.94. The Hall–Kier alpha value is -1.85. The fourth-order valence-corrected chi connectivity index (χ4v) is 4.29. The summed E-state index contributed by atoms with van der Waals surface area (Å²) in [7, 11) is 1.56. The predicted octanol–water partition coefficient (Wildman–Crippen LogP) is 3.62. The molecule has 122 valence electrons. The molecular formula is C18H21NO3S. The van der Waals surface area contributed by atoms with Crippen LogP contribution in [0.5, 0.6) is 5.75 Å². The van der Waals surface area contributed by atoms with E-state index in [-0.39, 0.29) is 0 Å². The number of anilines is 1. The fourth-order valence-electron chi connectivity index (χ4n) is 2.99. The first-order valence-corrected chi connectivity index (χ1v) is 8.66. The van der Waals surface area contributed by atoms with E-state index in [1.165, 1.54) is 23.3 Å². The zero-order valence-corrected chi connectivity index (χ0v) is 14.2. The van der Waals surface area contributed by atoms with Gasteiger partial charge in [-0.25, -0.2) is 0 Å². The molecule has 1 heterocycles. The van der Waals surface area contributed by atoms with Gasteiger partial charge in [0.2, 0.25) is 0 Å². The van der Waals surface area contributed by atoms with Crippen molar-refractivity contribution in [2.24, 2.45) is 0 Å². The number of aryl methyl sites for hydroxylation is 1. The SMILES string of the molecule is COc1cccc(C(O)C(=O)Nc2sc3c(c2C)CCCC3)c1. The number of carbonyl (C=O) groups excluding carboxylic acids is 1. The van der Waals surface area contributed by atoms with Crippen molar-refractivity contribution in [3.63, 3.8) is 0 Å². The minimum absolute atomic E-state index is 0.403. The number of rotatable bonds is 4. The summed E-state index contributed by atoms with van der Waals surface area (Å²) in [6.07, 6.45) is 3.40. The number of ether oxygens (including phenoxy) is 1. The van der Waals surface area contributed by atoms with Crippen molar-refractivity contribution in [1.29, 1.82) is 0 Å². The second-order valence-electron chi connectivity index (χ2n) is 5.83. The maximum Gasteiger partial charge on any atom is 0.258 e. The van der Waals surface area contributed by atoms with E-state index in [4.69, 9.17) is 4.74 Å². The zero-order chi connectivity index (χ0) is 16.4. The Kier molecular flexibility index (Phi) is 4.68. The molecule has 0 saturated heterocycles. The van der Waals surface area contributed by atoms with Gasteiger partial charge in [0.25, 0.3) is 5.91 Å². The number of methoxy groups -OCH3 is 1. The Bertz CT molecular complexity index is 723. The van der Waals surface area contributed by atoms with Crippen molar-refractivity contribution in [3.8, 4) is 5.75 Å². The van der Waals surface area contributed by atoms with Crippen molar-refractivity contribution in [2.75, 3.05) is 12.4 Å². The Balaban J connectivity index is 1.77. The number of carbonyl (C=O) groups is 1. The van der Waals surface area contributed by atoms with Gasteiger partial charge in [0.1, 0.15) is 5.75 Å². The van der Waals surface area contributed by atoms with Crippen LogP contribution in [0.1, 0.15) is 40.5 Å². The predicted molar refractivity (Wildman–Crippen MR) is 92.3 cm³/mol. The molecular weight excluding hydrogens is 310 g/mol. The molecule has 0 radical (unpaired) electrons. The van der Waals surface area contributed by atoms with Crippen LogP contribution in [0.4, 0.5) is 5.00 Å². The number of fused-ring (bicyclic) bond motifs is 1. The summed E-state index contributed by atoms with van der Waals surface area (Å²) in [5, 5.41) is 14.1. The molecule has 1 aromatic carbocycles. The molecule has 1 amide bonds. The molecule has 2 aromatic rings. The minimum atomic E-state index is -1.20. The van der Waals surface area contributed by atoms with E-state index in [0.29, 0.717) is 11.3 Å². The highest BCUT2D eigenvalue weighted by Crippen LogP contribution is 2.37. The van der Waals surface area contributed by atoms with E-state index < -0.39 is 12.0 Å². The van der Waals surface area contributed by atoms with E-state index in [2.05, 4.69) is 5.32 Å². The Morgan fingerprint density at radius 3 is 2.87 bits per heavy atom. The first kappa shape index (κ1) is 16.0. The number of nitrogens with one attached hydrogen (secondary N) is 1. The summed E-state index contributed by atoms with van der Waals surface area (Å²) in [5.41, 5.74) is 3.06. The van der Waals surface area contributed by atoms with Crippen LogP contribution in [0.3, 0.4) is 0 Å². The molecule has 23 heavy (non-hydrogen) atoms. The van der Waals surface area contributed by atoms with Crippen LogP contribution < -0.4 is 10.1 Å². The standard InChI is InChI=1S/C18H21NO3S/c1-11-14-8-3-4-9-15(14)23-18(11)19-17(21)16(20)12-6-5-7-13(10-12)22-2/h5-7,10,16,20H,3-4,8-9H2,1-2H3,(H,19,21). The van der Waals surface area contributed by atoms with Gasteiger partial charge in [-0.2, -0.15) is 0 Å². The lowest BCUT2D eigenvalue weighted by molar-refractivity contribution is -0.124. The van der Waals surface area contributed by atoms with Gasteiger partial charge < -0.3 is 15.2 Å². The fraction of sp³-hybridized carbons (Fsp3) is 0.389. The van der Waals surface area contributed by atoms with Gasteiger partial charge in [-0.3, -0.25) is 4.79 Å². The second kappa shape index (κ2) is 6.72. The summed E-state index contributed by atoms with van der Waals surface area (Å²) in [5.74, 6) is 0.220. The zero-order valence-electron chi connectivity index (χ0n) is 13.4. The smallest absolute Gasteiger partial charge is 0.258 e. The number of aliphatic hydroxyl groups is 1. The highest BCUT2D eigenvalue weighted by atomic mass is 32.1. The van der Waals surface area contributed by atoms with Crippen LogP contribution in [0.2, 0.25) is 0 Å². The van der Waals surface area contributed by atoms with Gasteiger partial charge in [-0.15, -0.1) is 11.3 Å². The van der Waals surface area contributed by atoms with Crippen LogP contribution in [0.25, 0.3) is 0 Å². The first-order valence-electron chi connectivity index (χ1n) is 7.84. The average molecular weight is 331 g/mol. The topological polar surface area (TPSA) is 58.6 Å². The van der Waals surface area contributed by atoms with Crippen LogP contribution >= 0.6 is 11.3 Å². The molecule has 0 spiro atoms. The number of thiophene rings is 1. The van der Waals surface area contributed by atoms with Crippen LogP contribution in [0.15, 0.2) is 24.3 Å². The lowest BCUT2D eigenvalue weighted by atomic mass is 9.96. The Morgan fingerprint density at radius 2 is 2.13 bits per heavy atom. The van der Waals surface area contributed by atoms with Gasteiger partial charge in [-0.1, -0.05) is 12.1 Å². The van der Waals surface area contributed by atoms with Crippen LogP contribution in [-0.4, -0.2) is 18.1 Å². The van der Waals surface area contributed by atoms with Crippen molar-refractivity contribution < 1.29 is 14.6 Å². The van der Waals surface area contributed by atoms with E-state index in [9.17, 15) is 9.90 Å². The average Bonchev–Trinajstić information content (AvgIpc) is 2.90. The summed E-state index contributed by atoms with van der Waals surface area (Å²) in [4.78, 5) is 13.8. The van der Waals surface area contributed by atoms with Gasteiger partial charge in [-0.05, 0) is 61.4 Å². The summed E-state index contributed by atoms with van der Waals surface area (Å²) in [6.45, 7) is 2.05. The molecule has 1 atom stereocenters. The van der Waals surface area contributed by atoms with Gasteiger partial charge in [0.15, 0.2) is 6.10 Å². The minimum Gasteiger partial charge on any atom is -0.497 e. The van der Waals surface area contributed by atoms with Crippen molar-refractivity contribution in [1.82, 2.24) is 0 Å². The number of aliphatic hydroxyl groups excluding tert-OH is 1. The molecule has 1 unspecified atom stereocenters. The number of hydrogen-bond donors (Lipinski definition) is 2. The third-order valence-electron chi connectivity index (χ3n) is 4.33. The van der Waals surface area contributed by atoms with E-state index in [1.807, 2.05) is 6.92 Å². The largest absolute Gasteiger partial charge is 0.497 e. The summed E-state index contributed by atoms with van der Waals surface area (Å²) >= 11 is 1.64. The number of benzene rings is 1. The maximum absolute atomic E-state index is 12.4. The van der Waals surface area contributed by atoms with Crippen LogP contribution in [-0.2, 0) is 17.6 Å². The van der Waals surface area contributed by atoms with Crippen molar-refractivity contribution >= 4 is 22.2 Å². The molecule has 0 aliphatic heterocycles. The Morgan fingerprint density at radius 1 is 1.35 bits per heavy atom. The molecule has 1 aromatic heterocycles. The molecule has 0 bridgehead atoms. The van der Waals surface area contributed by atoms with E-state index in [0.717, 1.165) is 23.4 Å². The van der Waals surface area contributed by atoms with Crippen molar-refractivity contribution in [2.45, 2.75) is 38.7 Å². The first-order chi connectivity index (χ1) is 11.1. The normalized spacial score (nSPS) is 14.9. The van der Waals surface area contributed by atoms with Gasteiger partial charge >= 0.3 is 0 Å². The lowest BCUT2D eigenvalue weighted by Gasteiger charge is -2.12. The van der Waals surface area contributed by atoms with E-state index >= 15 is 0 Å². The Labute approximate surface area is 140 Å². The molecule has 1 aliphatic carbocycles. The highest BCUT2D eigenvalue weighted by Gasteiger charge is 2.23. The summed E-state index contributed by atoms with van der Waals surface area (Å²) < 4.78 is 5.14. The monoisotopic (exact) mass is 331 g/mol. The van der Waals surface area contributed by atoms with Gasteiger partial charge in [0.05, 0.1) is 12.1 Å². The molecule has 4 nitrogen and oxygen atoms in total. The third kappa shape index (κ3) is 3.26. The molecule has 0 saturated carbocycles. The molecule has 2 N–H and O–H groups in total. The number of amides is 1. The van der Waals surface area contributed by atoms with Gasteiger partial charge in [0, 0.05) is 4.88 Å². The molecule has 3 rings (SSSR count). The quantitative estimate of drug-likeness (QED) is 0.900. The molecule has 1 aliphatic rings. The van der Waals surface area contributed by atoms with Crippen LogP contribution in [0, 0.1) is 6.92 Å². The van der Waals surface area contributed by atoms with Crippen molar-refractivity contribution in [3.05, 3.63) is 45.8 Å². The van der Waals surface area contributed by atoms with E-state index in [1.54, 1.807) is 42.7 Å². The molecule has 5 heteroatoms. The molecule has 0 fully saturated rings. The highest BCUT2D eigenvalue weighted by molar-refractivity contribution is 7.16. The maximum atomic E-state index is 12.4.